The highest BCUT2D eigenvalue weighted by Crippen LogP contribution is 2.19. The number of nitrogens with zero attached hydrogens (tertiary/aromatic N) is 1. The van der Waals surface area contributed by atoms with Crippen LogP contribution in [0.3, 0.4) is 0 Å². The van der Waals surface area contributed by atoms with Crippen LogP contribution in [0.15, 0.2) is 28.7 Å². The number of carboxylic acids is 1. The summed E-state index contributed by atoms with van der Waals surface area (Å²) in [6.45, 7) is 0.626. The molecule has 20 heavy (non-hydrogen) atoms. The zero-order valence-electron chi connectivity index (χ0n) is 10.6. The number of benzene rings is 1. The van der Waals surface area contributed by atoms with E-state index in [2.05, 4.69) is 15.9 Å². The van der Waals surface area contributed by atoms with Gasteiger partial charge in [-0.05, 0) is 30.7 Å². The largest absolute Gasteiger partial charge is 0.481 e. The van der Waals surface area contributed by atoms with Crippen LogP contribution in [0.4, 0.5) is 4.39 Å². The van der Waals surface area contributed by atoms with E-state index in [0.717, 1.165) is 4.47 Å². The highest BCUT2D eigenvalue weighted by Gasteiger charge is 2.29. The van der Waals surface area contributed by atoms with Crippen molar-refractivity contribution in [1.82, 2.24) is 4.90 Å². The summed E-state index contributed by atoms with van der Waals surface area (Å²) in [6, 6.07) is 4.46. The van der Waals surface area contributed by atoms with Gasteiger partial charge in [0.1, 0.15) is 5.82 Å². The van der Waals surface area contributed by atoms with Gasteiger partial charge in [-0.3, -0.25) is 9.59 Å². The van der Waals surface area contributed by atoms with Crippen LogP contribution in [-0.2, 0) is 9.59 Å². The molecule has 0 saturated carbocycles. The van der Waals surface area contributed by atoms with Gasteiger partial charge in [-0.2, -0.15) is 0 Å². The second-order valence-corrected chi connectivity index (χ2v) is 5.52. The molecule has 1 aliphatic heterocycles. The van der Waals surface area contributed by atoms with Crippen molar-refractivity contribution < 1.29 is 19.1 Å². The molecule has 0 bridgehead atoms. The number of aliphatic carboxylic acids is 1. The summed E-state index contributed by atoms with van der Waals surface area (Å²) in [6.07, 6.45) is 3.13. The third-order valence-corrected chi connectivity index (χ3v) is 3.71. The summed E-state index contributed by atoms with van der Waals surface area (Å²) in [7, 11) is 0. The van der Waals surface area contributed by atoms with E-state index in [9.17, 15) is 14.0 Å². The number of hydrogen-bond acceptors (Lipinski definition) is 2. The molecule has 2 rings (SSSR count). The molecule has 0 spiro atoms. The highest BCUT2D eigenvalue weighted by atomic mass is 79.9. The van der Waals surface area contributed by atoms with E-state index < -0.39 is 17.7 Å². The summed E-state index contributed by atoms with van der Waals surface area (Å²) < 4.78 is 14.2. The second kappa shape index (κ2) is 6.17. The predicted molar refractivity (Wildman–Crippen MR) is 75.5 cm³/mol. The van der Waals surface area contributed by atoms with Crippen molar-refractivity contribution in [1.29, 1.82) is 0 Å². The van der Waals surface area contributed by atoms with Gasteiger partial charge >= 0.3 is 5.97 Å². The summed E-state index contributed by atoms with van der Waals surface area (Å²) in [4.78, 5) is 24.2. The maximum Gasteiger partial charge on any atom is 0.308 e. The third kappa shape index (κ3) is 3.45. The number of carboxylic acid groups (broad SMARTS) is 1. The maximum absolute atomic E-state index is 13.5. The molecule has 1 aliphatic rings. The Kier molecular flexibility index (Phi) is 4.54. The van der Waals surface area contributed by atoms with Crippen molar-refractivity contribution in [2.75, 3.05) is 13.1 Å². The molecule has 0 radical (unpaired) electrons. The van der Waals surface area contributed by atoms with E-state index in [1.54, 1.807) is 12.1 Å². The van der Waals surface area contributed by atoms with Gasteiger partial charge in [0.2, 0.25) is 5.91 Å². The van der Waals surface area contributed by atoms with Crippen LogP contribution in [-0.4, -0.2) is 35.0 Å². The first-order valence-electron chi connectivity index (χ1n) is 6.12. The normalized spacial score (nSPS) is 18.7. The van der Waals surface area contributed by atoms with Gasteiger partial charge in [-0.15, -0.1) is 0 Å². The van der Waals surface area contributed by atoms with Crippen molar-refractivity contribution >= 4 is 33.9 Å². The van der Waals surface area contributed by atoms with Gasteiger partial charge in [0.05, 0.1) is 5.92 Å². The highest BCUT2D eigenvalue weighted by molar-refractivity contribution is 9.10. The lowest BCUT2D eigenvalue weighted by molar-refractivity contribution is -0.141. The van der Waals surface area contributed by atoms with E-state index in [1.165, 1.54) is 23.1 Å². The predicted octanol–water partition coefficient (Wildman–Crippen LogP) is 2.53. The standard InChI is InChI=1S/C14H13BrFNO3/c15-11-2-3-12(16)9(7-11)1-4-13(18)17-6-5-10(8-17)14(19)20/h1-4,7,10H,5-6,8H2,(H,19,20)/b4-1+. The first-order valence-corrected chi connectivity index (χ1v) is 6.91. The molecule has 1 fully saturated rings. The van der Waals surface area contributed by atoms with Gasteiger partial charge in [0, 0.05) is 29.2 Å². The topological polar surface area (TPSA) is 57.6 Å². The number of likely N-dealkylation sites (tertiary alicyclic amines) is 1. The molecule has 0 aliphatic carbocycles. The fourth-order valence-corrected chi connectivity index (χ4v) is 2.45. The Morgan fingerprint density at radius 2 is 2.20 bits per heavy atom. The smallest absolute Gasteiger partial charge is 0.308 e. The SMILES string of the molecule is O=C(O)C1CCN(C(=O)/C=C/c2cc(Br)ccc2F)C1. The molecule has 1 aromatic rings. The molecule has 106 valence electrons. The average Bonchev–Trinajstić information content (AvgIpc) is 2.89. The first kappa shape index (κ1) is 14.7. The Bertz CT molecular complexity index is 574. The van der Waals surface area contributed by atoms with Gasteiger partial charge in [-0.1, -0.05) is 15.9 Å². The lowest BCUT2D eigenvalue weighted by atomic mass is 10.1. The molecule has 1 atom stereocenters. The Balaban J connectivity index is 2.03. The Hall–Kier alpha value is -1.69. The van der Waals surface area contributed by atoms with E-state index in [4.69, 9.17) is 5.11 Å². The fraction of sp³-hybridized carbons (Fsp3) is 0.286. The van der Waals surface area contributed by atoms with Crippen LogP contribution < -0.4 is 0 Å². The lowest BCUT2D eigenvalue weighted by Gasteiger charge is -2.12. The molecule has 1 aromatic carbocycles. The molecule has 1 N–H and O–H groups in total. The zero-order valence-corrected chi connectivity index (χ0v) is 12.1. The van der Waals surface area contributed by atoms with Crippen LogP contribution in [0.2, 0.25) is 0 Å². The molecule has 0 aromatic heterocycles. The molecule has 6 heteroatoms. The summed E-state index contributed by atoms with van der Waals surface area (Å²) in [5.74, 6) is -2.10. The van der Waals surface area contributed by atoms with Gasteiger partial charge in [0.25, 0.3) is 0 Å². The van der Waals surface area contributed by atoms with E-state index >= 15 is 0 Å². The summed E-state index contributed by atoms with van der Waals surface area (Å²) in [5, 5.41) is 8.88. The number of halogens is 2. The lowest BCUT2D eigenvalue weighted by Crippen LogP contribution is -2.28. The monoisotopic (exact) mass is 341 g/mol. The number of carbonyl (C=O) groups is 2. The van der Waals surface area contributed by atoms with Gasteiger partial charge < -0.3 is 10.0 Å². The Morgan fingerprint density at radius 1 is 1.45 bits per heavy atom. The third-order valence-electron chi connectivity index (χ3n) is 3.21. The van der Waals surface area contributed by atoms with Crippen molar-refractivity contribution in [2.45, 2.75) is 6.42 Å². The summed E-state index contributed by atoms with van der Waals surface area (Å²) >= 11 is 3.23. The molecule has 1 unspecified atom stereocenters. The maximum atomic E-state index is 13.5. The molecular formula is C14H13BrFNO3. The molecule has 4 nitrogen and oxygen atoms in total. The van der Waals surface area contributed by atoms with Gasteiger partial charge in [0.15, 0.2) is 0 Å². The fourth-order valence-electron chi connectivity index (χ4n) is 2.07. The van der Waals surface area contributed by atoms with Crippen molar-refractivity contribution in [2.24, 2.45) is 5.92 Å². The molecular weight excluding hydrogens is 329 g/mol. The van der Waals surface area contributed by atoms with Crippen molar-refractivity contribution in [3.63, 3.8) is 0 Å². The average molecular weight is 342 g/mol. The first-order chi connectivity index (χ1) is 9.47. The minimum absolute atomic E-state index is 0.208. The van der Waals surface area contributed by atoms with Crippen LogP contribution in [0.5, 0.6) is 0 Å². The van der Waals surface area contributed by atoms with Crippen LogP contribution in [0.25, 0.3) is 6.08 Å². The molecule has 1 heterocycles. The van der Waals surface area contributed by atoms with Crippen LogP contribution >= 0.6 is 15.9 Å². The summed E-state index contributed by atoms with van der Waals surface area (Å²) in [5.41, 5.74) is 0.307. The molecule has 1 saturated heterocycles. The van der Waals surface area contributed by atoms with E-state index in [1.807, 2.05) is 0 Å². The minimum Gasteiger partial charge on any atom is -0.481 e. The number of hydrogen-bond donors (Lipinski definition) is 1. The minimum atomic E-state index is -0.887. The Morgan fingerprint density at radius 3 is 2.85 bits per heavy atom. The Labute approximate surface area is 124 Å². The second-order valence-electron chi connectivity index (χ2n) is 4.61. The number of carbonyl (C=O) groups excluding carboxylic acids is 1. The van der Waals surface area contributed by atoms with Crippen molar-refractivity contribution in [3.8, 4) is 0 Å². The molecule has 1 amide bonds. The van der Waals surface area contributed by atoms with E-state index in [0.29, 0.717) is 18.5 Å². The van der Waals surface area contributed by atoms with Crippen LogP contribution in [0.1, 0.15) is 12.0 Å². The number of amides is 1. The van der Waals surface area contributed by atoms with Gasteiger partial charge in [-0.25, -0.2) is 4.39 Å². The van der Waals surface area contributed by atoms with Crippen molar-refractivity contribution in [3.05, 3.63) is 40.1 Å². The van der Waals surface area contributed by atoms with Crippen LogP contribution in [0, 0.1) is 11.7 Å². The van der Waals surface area contributed by atoms with E-state index in [-0.39, 0.29) is 12.5 Å². The zero-order chi connectivity index (χ0) is 14.7. The quantitative estimate of drug-likeness (QED) is 0.859. The number of rotatable bonds is 3.